The zero-order chi connectivity index (χ0) is 35.5. The number of halogens is 3. The average molecular weight is 721 g/mol. The van der Waals surface area contributed by atoms with Gasteiger partial charge in [0.05, 0.1) is 36.9 Å². The molecule has 4 aromatic rings. The number of aromatic nitrogens is 4. The number of anilines is 1. The van der Waals surface area contributed by atoms with E-state index in [0.29, 0.717) is 41.4 Å². The Kier molecular flexibility index (Phi) is 13.5. The number of rotatable bonds is 11. The quantitative estimate of drug-likeness (QED) is 0.0827. The van der Waals surface area contributed by atoms with Gasteiger partial charge >= 0.3 is 11.9 Å². The van der Waals surface area contributed by atoms with Crippen molar-refractivity contribution in [3.05, 3.63) is 118 Å². The molecule has 18 heteroatoms. The molecule has 0 fully saturated rings. The highest BCUT2D eigenvalue weighted by Gasteiger charge is 2.19. The van der Waals surface area contributed by atoms with Crippen molar-refractivity contribution in [2.24, 2.45) is 0 Å². The summed E-state index contributed by atoms with van der Waals surface area (Å²) in [4.78, 5) is 61.9. The smallest absolute Gasteiger partial charge is 0.310 e. The molecule has 0 spiro atoms. The van der Waals surface area contributed by atoms with Crippen LogP contribution in [0.5, 0.6) is 0 Å². The van der Waals surface area contributed by atoms with Crippen molar-refractivity contribution in [3.8, 4) is 0 Å². The van der Waals surface area contributed by atoms with Crippen molar-refractivity contribution in [3.63, 3.8) is 0 Å². The van der Waals surface area contributed by atoms with Gasteiger partial charge in [-0.3, -0.25) is 29.8 Å². The van der Waals surface area contributed by atoms with Gasteiger partial charge in [0.1, 0.15) is 32.9 Å². The van der Waals surface area contributed by atoms with Gasteiger partial charge in [-0.15, -0.1) is 0 Å². The lowest BCUT2D eigenvalue weighted by molar-refractivity contribution is -0.385. The molecule has 48 heavy (non-hydrogen) atoms. The maximum atomic E-state index is 11.6. The second kappa shape index (κ2) is 17.2. The number of benzene rings is 2. The Labute approximate surface area is 289 Å². The number of nitrogens with zero attached hydrogens (tertiary/aromatic N) is 7. The molecule has 0 bridgehead atoms. The fourth-order valence-electron chi connectivity index (χ4n) is 4.05. The van der Waals surface area contributed by atoms with Crippen LogP contribution in [0.15, 0.2) is 48.5 Å². The van der Waals surface area contributed by atoms with Crippen LogP contribution >= 0.6 is 34.8 Å². The van der Waals surface area contributed by atoms with Crippen molar-refractivity contribution in [1.82, 2.24) is 19.9 Å². The van der Waals surface area contributed by atoms with Crippen molar-refractivity contribution in [1.29, 1.82) is 0 Å². The average Bonchev–Trinajstić information content (AvgIpc) is 3.04. The topological polar surface area (TPSA) is 194 Å². The first-order chi connectivity index (χ1) is 22.7. The number of methoxy groups -OCH3 is 2. The Bertz CT molecular complexity index is 1780. The fourth-order valence-corrected chi connectivity index (χ4v) is 4.86. The summed E-state index contributed by atoms with van der Waals surface area (Å²) in [6.07, 6.45) is 0.514. The number of hydrogen-bond acceptors (Lipinski definition) is 13. The number of esters is 2. The number of nitro groups is 2. The van der Waals surface area contributed by atoms with E-state index in [-0.39, 0.29) is 39.7 Å². The highest BCUT2D eigenvalue weighted by atomic mass is 35.5. The highest BCUT2D eigenvalue weighted by molar-refractivity contribution is 6.34. The van der Waals surface area contributed by atoms with Gasteiger partial charge in [-0.2, -0.15) is 0 Å². The fraction of sp³-hybridized carbons (Fsp3) is 0.267. The molecule has 0 saturated carbocycles. The molecule has 0 atom stereocenters. The Hall–Kier alpha value is -4.99. The van der Waals surface area contributed by atoms with Gasteiger partial charge in [-0.05, 0) is 11.1 Å². The Morgan fingerprint density at radius 2 is 1.02 bits per heavy atom. The molecule has 0 N–H and O–H groups in total. The van der Waals surface area contributed by atoms with Crippen LogP contribution in [0.2, 0.25) is 15.5 Å². The highest BCUT2D eigenvalue weighted by Crippen LogP contribution is 2.26. The van der Waals surface area contributed by atoms with Crippen molar-refractivity contribution in [2.45, 2.75) is 25.7 Å². The maximum absolute atomic E-state index is 11.6. The molecule has 0 unspecified atom stereocenters. The minimum atomic E-state index is -0.500. The van der Waals surface area contributed by atoms with Crippen LogP contribution < -0.4 is 4.90 Å². The van der Waals surface area contributed by atoms with E-state index in [2.05, 4.69) is 29.4 Å². The summed E-state index contributed by atoms with van der Waals surface area (Å²) < 4.78 is 9.23. The first-order valence-electron chi connectivity index (χ1n) is 13.8. The number of nitro benzene ring substituents is 2. The molecule has 0 amide bonds. The molecule has 252 valence electrons. The third kappa shape index (κ3) is 10.5. The normalized spacial score (nSPS) is 10.4. The van der Waals surface area contributed by atoms with E-state index in [9.17, 15) is 29.8 Å². The zero-order valence-corrected chi connectivity index (χ0v) is 28.2. The van der Waals surface area contributed by atoms with Gasteiger partial charge in [-0.25, -0.2) is 19.9 Å². The predicted octanol–water partition coefficient (Wildman–Crippen LogP) is 5.41. The van der Waals surface area contributed by atoms with E-state index in [1.165, 1.54) is 38.5 Å². The van der Waals surface area contributed by atoms with Crippen molar-refractivity contribution < 1.29 is 28.9 Å². The molecule has 0 aliphatic rings. The van der Waals surface area contributed by atoms with Crippen LogP contribution in [0.1, 0.15) is 33.9 Å². The van der Waals surface area contributed by atoms with Crippen molar-refractivity contribution >= 4 is 63.9 Å². The number of hydrogen-bond donors (Lipinski definition) is 0. The minimum Gasteiger partial charge on any atom is -0.469 e. The summed E-state index contributed by atoms with van der Waals surface area (Å²) in [7, 11) is 6.13. The number of non-ortho nitro benzene ring substituents is 2. The molecule has 2 heterocycles. The van der Waals surface area contributed by atoms with E-state index in [1.807, 2.05) is 0 Å². The Balaban J connectivity index is 0.000000261. The number of ether oxygens (including phenoxy) is 2. The van der Waals surface area contributed by atoms with Crippen LogP contribution in [0, 0.1) is 20.2 Å². The van der Waals surface area contributed by atoms with Crippen LogP contribution in [0.3, 0.4) is 0 Å². The number of carbonyl (C=O) groups excluding carboxylic acids is 2. The maximum Gasteiger partial charge on any atom is 0.310 e. The minimum absolute atomic E-state index is 0.000779. The van der Waals surface area contributed by atoms with Crippen LogP contribution in [0.4, 0.5) is 17.2 Å². The summed E-state index contributed by atoms with van der Waals surface area (Å²) >= 11 is 18.3. The molecule has 0 saturated heterocycles. The summed E-state index contributed by atoms with van der Waals surface area (Å²) in [5, 5.41) is 21.7. The molecule has 2 aromatic heterocycles. The Morgan fingerprint density at radius 1 is 0.667 bits per heavy atom. The van der Waals surface area contributed by atoms with E-state index in [4.69, 9.17) is 34.8 Å². The first kappa shape index (κ1) is 37.5. The number of carbonyl (C=O) groups is 2. The van der Waals surface area contributed by atoms with Crippen LogP contribution in [0.25, 0.3) is 0 Å². The molecule has 0 aliphatic carbocycles. The molecular weight excluding hydrogens is 693 g/mol. The van der Waals surface area contributed by atoms with Gasteiger partial charge in [-0.1, -0.05) is 59.1 Å². The van der Waals surface area contributed by atoms with E-state index < -0.39 is 21.8 Å². The first-order valence-corrected chi connectivity index (χ1v) is 14.9. The van der Waals surface area contributed by atoms with Gasteiger partial charge in [0, 0.05) is 62.3 Å². The molecule has 2 aromatic carbocycles. The van der Waals surface area contributed by atoms with E-state index in [0.717, 1.165) is 11.1 Å². The Morgan fingerprint density at radius 3 is 1.38 bits per heavy atom. The molecule has 4 rings (SSSR count). The van der Waals surface area contributed by atoms with Crippen LogP contribution in [-0.4, -0.2) is 70.0 Å². The molecule has 15 nitrogen and oxygen atoms in total. The molecular formula is C30H28Cl3N7O8. The zero-order valence-electron chi connectivity index (χ0n) is 26.0. The lowest BCUT2D eigenvalue weighted by atomic mass is 10.1. The summed E-state index contributed by atoms with van der Waals surface area (Å²) in [5.74, 6) is 0.401. The predicted molar refractivity (Wildman–Crippen MR) is 177 cm³/mol. The standard InChI is InChI=1S/C16H17ClN4O4.C14H11Cl2N3O4/c1-20(2)16-12(9-14(22)25-3)15(17)18-13(19-16)8-10-4-6-11(7-5-10)21(23)24;1-23-12(20)7-10-13(15)17-11(18-14(10)16)6-8-2-4-9(5-3-8)19(21)22/h4-7H,8-9H2,1-3H3;2-5H,6-7H2,1H3. The second-order valence-corrected chi connectivity index (χ2v) is 11.1. The largest absolute Gasteiger partial charge is 0.469 e. The monoisotopic (exact) mass is 719 g/mol. The summed E-state index contributed by atoms with van der Waals surface area (Å²) in [5.41, 5.74) is 2.39. The third-order valence-corrected chi connectivity index (χ3v) is 7.41. The van der Waals surface area contributed by atoms with Gasteiger partial charge < -0.3 is 14.4 Å². The summed E-state index contributed by atoms with van der Waals surface area (Å²) in [6, 6.07) is 12.1. The third-order valence-electron chi connectivity index (χ3n) is 6.47. The van der Waals surface area contributed by atoms with Crippen LogP contribution in [-0.2, 0) is 44.7 Å². The molecule has 0 radical (unpaired) electrons. The summed E-state index contributed by atoms with van der Waals surface area (Å²) in [6.45, 7) is 0. The molecule has 0 aliphatic heterocycles. The SMILES string of the molecule is COC(=O)Cc1c(Cl)nc(Cc2ccc([N+](=O)[O-])cc2)nc1Cl.COC(=O)Cc1c(Cl)nc(Cc2ccc([N+](=O)[O-])cc2)nc1N(C)C. The van der Waals surface area contributed by atoms with Gasteiger partial charge in [0.2, 0.25) is 0 Å². The lowest BCUT2D eigenvalue weighted by Gasteiger charge is -2.17. The van der Waals surface area contributed by atoms with Crippen molar-refractivity contribution in [2.75, 3.05) is 33.2 Å². The van der Waals surface area contributed by atoms with E-state index in [1.54, 1.807) is 43.3 Å². The second-order valence-electron chi connectivity index (χ2n) is 10.0. The van der Waals surface area contributed by atoms with Gasteiger partial charge in [0.25, 0.3) is 11.4 Å². The van der Waals surface area contributed by atoms with Gasteiger partial charge in [0.15, 0.2) is 0 Å². The van der Waals surface area contributed by atoms with E-state index >= 15 is 0 Å². The lowest BCUT2D eigenvalue weighted by Crippen LogP contribution is -2.18.